The van der Waals surface area contributed by atoms with Crippen molar-refractivity contribution in [3.8, 4) is 17.2 Å². The lowest BCUT2D eigenvalue weighted by Gasteiger charge is -2.22. The second kappa shape index (κ2) is 7.54. The van der Waals surface area contributed by atoms with Gasteiger partial charge in [0.25, 0.3) is 5.91 Å². The van der Waals surface area contributed by atoms with E-state index in [9.17, 15) is 18.4 Å². The first kappa shape index (κ1) is 19.5. The Morgan fingerprint density at radius 2 is 1.80 bits per heavy atom. The average molecular weight is 414 g/mol. The van der Waals surface area contributed by atoms with E-state index in [0.29, 0.717) is 11.1 Å². The molecule has 154 valence electrons. The lowest BCUT2D eigenvalue weighted by atomic mass is 9.92. The first-order chi connectivity index (χ1) is 14.4. The highest BCUT2D eigenvalue weighted by molar-refractivity contribution is 6.07. The van der Waals surface area contributed by atoms with Crippen LogP contribution in [0.2, 0.25) is 0 Å². The van der Waals surface area contributed by atoms with Crippen LogP contribution in [0.1, 0.15) is 18.4 Å². The van der Waals surface area contributed by atoms with Gasteiger partial charge in [0, 0.05) is 5.56 Å². The van der Waals surface area contributed by atoms with Crippen molar-refractivity contribution in [2.24, 2.45) is 0 Å². The summed E-state index contributed by atoms with van der Waals surface area (Å²) in [7, 11) is 0. The highest BCUT2D eigenvalue weighted by Crippen LogP contribution is 2.31. The molecule has 1 aliphatic rings. The summed E-state index contributed by atoms with van der Waals surface area (Å²) >= 11 is 0. The topological polar surface area (TPSA) is 97.6 Å². The molecule has 0 aliphatic carbocycles. The van der Waals surface area contributed by atoms with E-state index < -0.39 is 24.1 Å². The maximum Gasteiger partial charge on any atom is 0.387 e. The minimum absolute atomic E-state index is 0.0507. The second-order valence-corrected chi connectivity index (χ2v) is 6.72. The minimum Gasteiger partial charge on any atom is -0.435 e. The van der Waals surface area contributed by atoms with Crippen LogP contribution in [-0.4, -0.2) is 33.6 Å². The van der Waals surface area contributed by atoms with Gasteiger partial charge < -0.3 is 14.5 Å². The van der Waals surface area contributed by atoms with Crippen molar-refractivity contribution in [3.63, 3.8) is 0 Å². The fraction of sp³-hybridized carbons (Fsp3) is 0.200. The number of alkyl halides is 2. The number of hydrogen-bond donors (Lipinski definition) is 1. The number of aromatic nitrogens is 2. The predicted molar refractivity (Wildman–Crippen MR) is 99.2 cm³/mol. The first-order valence-corrected chi connectivity index (χ1v) is 8.94. The van der Waals surface area contributed by atoms with Crippen LogP contribution in [0.4, 0.5) is 13.6 Å². The molecule has 30 heavy (non-hydrogen) atoms. The zero-order chi connectivity index (χ0) is 21.3. The van der Waals surface area contributed by atoms with Crippen LogP contribution in [0.15, 0.2) is 59.0 Å². The summed E-state index contributed by atoms with van der Waals surface area (Å²) in [5.74, 6) is -0.211. The summed E-state index contributed by atoms with van der Waals surface area (Å²) in [6.07, 6.45) is 0. The van der Waals surface area contributed by atoms with Crippen molar-refractivity contribution in [2.45, 2.75) is 25.6 Å². The van der Waals surface area contributed by atoms with Crippen LogP contribution in [0.5, 0.6) is 5.75 Å². The number of rotatable bonds is 6. The first-order valence-electron chi connectivity index (χ1n) is 8.94. The molecule has 0 unspecified atom stereocenters. The molecule has 0 bridgehead atoms. The van der Waals surface area contributed by atoms with E-state index in [-0.39, 0.29) is 24.1 Å². The van der Waals surface area contributed by atoms with Crippen LogP contribution in [-0.2, 0) is 16.9 Å². The number of amides is 3. The smallest absolute Gasteiger partial charge is 0.387 e. The second-order valence-electron chi connectivity index (χ2n) is 6.72. The molecule has 8 nitrogen and oxygen atoms in total. The normalized spacial score (nSPS) is 18.7. The molecule has 4 rings (SSSR count). The van der Waals surface area contributed by atoms with Gasteiger partial charge in [-0.25, -0.2) is 4.79 Å². The number of ether oxygens (including phenoxy) is 1. The number of benzene rings is 2. The molecule has 1 fully saturated rings. The number of nitrogens with zero attached hydrogens (tertiary/aromatic N) is 3. The molecule has 2 heterocycles. The minimum atomic E-state index is -2.95. The Kier molecular flexibility index (Phi) is 4.90. The Balaban J connectivity index is 1.52. The van der Waals surface area contributed by atoms with Gasteiger partial charge in [0.2, 0.25) is 11.8 Å². The average Bonchev–Trinajstić information content (AvgIpc) is 3.28. The van der Waals surface area contributed by atoms with Gasteiger partial charge in [0.1, 0.15) is 17.8 Å². The molecule has 0 radical (unpaired) electrons. The fourth-order valence-corrected chi connectivity index (χ4v) is 3.16. The molecule has 1 saturated heterocycles. The third-order valence-corrected chi connectivity index (χ3v) is 4.71. The van der Waals surface area contributed by atoms with E-state index in [0.717, 1.165) is 4.90 Å². The molecule has 1 atom stereocenters. The summed E-state index contributed by atoms with van der Waals surface area (Å²) in [4.78, 5) is 26.4. The molecular formula is C20H16F2N4O4. The van der Waals surface area contributed by atoms with E-state index in [4.69, 9.17) is 4.42 Å². The van der Waals surface area contributed by atoms with Gasteiger partial charge in [0.15, 0.2) is 0 Å². The van der Waals surface area contributed by atoms with Gasteiger partial charge in [-0.15, -0.1) is 10.2 Å². The number of imide groups is 1. The van der Waals surface area contributed by atoms with Crippen LogP contribution >= 0.6 is 0 Å². The van der Waals surface area contributed by atoms with E-state index in [1.165, 1.54) is 31.2 Å². The van der Waals surface area contributed by atoms with Crippen molar-refractivity contribution >= 4 is 11.9 Å². The maximum absolute atomic E-state index is 13.0. The molecule has 3 amide bonds. The van der Waals surface area contributed by atoms with Gasteiger partial charge >= 0.3 is 12.6 Å². The lowest BCUT2D eigenvalue weighted by Crippen LogP contribution is -2.40. The summed E-state index contributed by atoms with van der Waals surface area (Å²) < 4.78 is 34.5. The quantitative estimate of drug-likeness (QED) is 0.622. The maximum atomic E-state index is 13.0. The van der Waals surface area contributed by atoms with Crippen LogP contribution in [0, 0.1) is 0 Å². The molecule has 1 aliphatic heterocycles. The van der Waals surface area contributed by atoms with Crippen molar-refractivity contribution in [1.29, 1.82) is 0 Å². The van der Waals surface area contributed by atoms with Crippen molar-refractivity contribution < 1.29 is 27.5 Å². The van der Waals surface area contributed by atoms with Crippen molar-refractivity contribution in [2.75, 3.05) is 0 Å². The van der Waals surface area contributed by atoms with E-state index in [2.05, 4.69) is 20.3 Å². The highest BCUT2D eigenvalue weighted by atomic mass is 19.3. The third-order valence-electron chi connectivity index (χ3n) is 4.71. The Hall–Kier alpha value is -3.82. The fourth-order valence-electron chi connectivity index (χ4n) is 3.16. The number of hydrogen-bond acceptors (Lipinski definition) is 6. The largest absolute Gasteiger partial charge is 0.435 e. The number of nitrogens with one attached hydrogen (secondary N) is 1. The monoisotopic (exact) mass is 414 g/mol. The Morgan fingerprint density at radius 1 is 1.10 bits per heavy atom. The van der Waals surface area contributed by atoms with Gasteiger partial charge in [0.05, 0.1) is 0 Å². The molecule has 1 N–H and O–H groups in total. The predicted octanol–water partition coefficient (Wildman–Crippen LogP) is 3.31. The molecule has 2 aromatic carbocycles. The summed E-state index contributed by atoms with van der Waals surface area (Å²) in [5, 5.41) is 10.5. The Morgan fingerprint density at radius 3 is 2.47 bits per heavy atom. The standard InChI is InChI=1S/C20H16F2N4O4/c1-20(13-7-9-14(10-8-13)29-18(21)22)17(27)26(19(28)23-20)11-15-24-25-16(30-15)12-5-3-2-4-6-12/h2-10,18H,11H2,1H3,(H,23,28)/t20-/m0/s1. The van der Waals surface area contributed by atoms with Crippen LogP contribution < -0.4 is 10.1 Å². The van der Waals surface area contributed by atoms with E-state index in [1.807, 2.05) is 18.2 Å². The van der Waals surface area contributed by atoms with Gasteiger partial charge in [-0.05, 0) is 36.8 Å². The number of urea groups is 1. The van der Waals surface area contributed by atoms with E-state index in [1.54, 1.807) is 12.1 Å². The molecule has 0 saturated carbocycles. The van der Waals surface area contributed by atoms with Gasteiger partial charge in [-0.1, -0.05) is 30.3 Å². The Bertz CT molecular complexity index is 1070. The molecule has 3 aromatic rings. The Labute approximate surface area is 169 Å². The number of halogens is 2. The zero-order valence-electron chi connectivity index (χ0n) is 15.7. The summed E-state index contributed by atoms with van der Waals surface area (Å²) in [5.41, 5.74) is -0.243. The highest BCUT2D eigenvalue weighted by Gasteiger charge is 2.49. The molecule has 1 aromatic heterocycles. The van der Waals surface area contributed by atoms with Crippen LogP contribution in [0.3, 0.4) is 0 Å². The van der Waals surface area contributed by atoms with Crippen LogP contribution in [0.25, 0.3) is 11.5 Å². The SMILES string of the molecule is C[C@@]1(c2ccc(OC(F)F)cc2)NC(=O)N(Cc2nnc(-c3ccccc3)o2)C1=O. The summed E-state index contributed by atoms with van der Waals surface area (Å²) in [6.45, 7) is -1.63. The number of carbonyl (C=O) groups excluding carboxylic acids is 2. The summed E-state index contributed by atoms with van der Waals surface area (Å²) in [6, 6.07) is 13.9. The number of carbonyl (C=O) groups is 2. The van der Waals surface area contributed by atoms with Crippen molar-refractivity contribution in [1.82, 2.24) is 20.4 Å². The van der Waals surface area contributed by atoms with Gasteiger partial charge in [-0.3, -0.25) is 9.69 Å². The van der Waals surface area contributed by atoms with E-state index >= 15 is 0 Å². The van der Waals surface area contributed by atoms with Crippen molar-refractivity contribution in [3.05, 3.63) is 66.1 Å². The lowest BCUT2D eigenvalue weighted by molar-refractivity contribution is -0.131. The zero-order valence-corrected chi connectivity index (χ0v) is 15.7. The molecular weight excluding hydrogens is 398 g/mol. The third kappa shape index (κ3) is 3.59. The van der Waals surface area contributed by atoms with Gasteiger partial charge in [-0.2, -0.15) is 8.78 Å². The molecule has 0 spiro atoms. The molecule has 10 heteroatoms.